The molecule has 1 saturated heterocycles. The lowest BCUT2D eigenvalue weighted by Gasteiger charge is -2.44. The quantitative estimate of drug-likeness (QED) is 0.858. The molecular formula is C16H28N2O2. The molecule has 0 aromatic heterocycles. The Balaban J connectivity index is 2.20. The van der Waals surface area contributed by atoms with Gasteiger partial charge in [0, 0.05) is 6.54 Å². The summed E-state index contributed by atoms with van der Waals surface area (Å²) >= 11 is 0. The zero-order valence-corrected chi connectivity index (χ0v) is 13.4. The number of piperazine rings is 1. The molecule has 0 aromatic carbocycles. The van der Waals surface area contributed by atoms with Gasteiger partial charge in [-0.05, 0) is 36.5 Å². The molecular weight excluding hydrogens is 252 g/mol. The van der Waals surface area contributed by atoms with Crippen LogP contribution in [0.15, 0.2) is 0 Å². The van der Waals surface area contributed by atoms with Gasteiger partial charge in [-0.3, -0.25) is 9.59 Å². The Morgan fingerprint density at radius 1 is 1.25 bits per heavy atom. The summed E-state index contributed by atoms with van der Waals surface area (Å²) in [4.78, 5) is 27.1. The number of amides is 2. The summed E-state index contributed by atoms with van der Waals surface area (Å²) in [6.45, 7) is 11.0. The molecule has 1 N–H and O–H groups in total. The van der Waals surface area contributed by atoms with Crippen molar-refractivity contribution in [3.63, 3.8) is 0 Å². The Morgan fingerprint density at radius 3 is 2.30 bits per heavy atom. The zero-order chi connectivity index (χ0) is 15.1. The van der Waals surface area contributed by atoms with Gasteiger partial charge in [-0.1, -0.05) is 34.6 Å². The third kappa shape index (κ3) is 3.33. The molecule has 4 heteroatoms. The van der Waals surface area contributed by atoms with Crippen LogP contribution in [0.25, 0.3) is 0 Å². The van der Waals surface area contributed by atoms with Crippen molar-refractivity contribution in [2.45, 2.75) is 66.0 Å². The van der Waals surface area contributed by atoms with Gasteiger partial charge in [0.15, 0.2) is 0 Å². The Labute approximate surface area is 122 Å². The first-order chi connectivity index (χ1) is 9.20. The lowest BCUT2D eigenvalue weighted by atomic mass is 9.83. The zero-order valence-electron chi connectivity index (χ0n) is 13.4. The molecule has 0 bridgehead atoms. The highest BCUT2D eigenvalue weighted by Crippen LogP contribution is 2.34. The Hall–Kier alpha value is -1.06. The second kappa shape index (κ2) is 5.38. The van der Waals surface area contributed by atoms with Crippen LogP contribution in [0, 0.1) is 17.3 Å². The van der Waals surface area contributed by atoms with E-state index >= 15 is 0 Å². The van der Waals surface area contributed by atoms with Crippen molar-refractivity contribution in [2.75, 3.05) is 6.54 Å². The third-order valence-corrected chi connectivity index (χ3v) is 4.21. The molecule has 1 saturated carbocycles. The van der Waals surface area contributed by atoms with Crippen molar-refractivity contribution < 1.29 is 9.59 Å². The number of nitrogens with zero attached hydrogens (tertiary/aromatic N) is 1. The van der Waals surface area contributed by atoms with Crippen molar-refractivity contribution in [3.8, 4) is 0 Å². The van der Waals surface area contributed by atoms with Crippen LogP contribution in [-0.2, 0) is 9.59 Å². The molecule has 2 fully saturated rings. The average Bonchev–Trinajstić information content (AvgIpc) is 3.09. The van der Waals surface area contributed by atoms with Gasteiger partial charge >= 0.3 is 0 Å². The lowest BCUT2D eigenvalue weighted by Crippen LogP contribution is -2.67. The Kier molecular flexibility index (Phi) is 4.12. The maximum Gasteiger partial charge on any atom is 0.246 e. The number of hydrogen-bond donors (Lipinski definition) is 1. The summed E-state index contributed by atoms with van der Waals surface area (Å²) in [5.74, 6) is 1.15. The summed E-state index contributed by atoms with van der Waals surface area (Å²) in [5.41, 5.74) is -0.239. The van der Waals surface area contributed by atoms with Crippen LogP contribution in [0.3, 0.4) is 0 Å². The van der Waals surface area contributed by atoms with Crippen LogP contribution < -0.4 is 5.32 Å². The second-order valence-electron chi connectivity index (χ2n) is 7.89. The maximum absolute atomic E-state index is 12.8. The second-order valence-corrected chi connectivity index (χ2v) is 7.89. The predicted octanol–water partition coefficient (Wildman–Crippen LogP) is 2.18. The van der Waals surface area contributed by atoms with E-state index in [-0.39, 0.29) is 23.3 Å². The highest BCUT2D eigenvalue weighted by atomic mass is 16.2. The van der Waals surface area contributed by atoms with E-state index in [0.717, 1.165) is 13.0 Å². The van der Waals surface area contributed by atoms with Crippen molar-refractivity contribution in [1.82, 2.24) is 10.2 Å². The van der Waals surface area contributed by atoms with Crippen LogP contribution in [0.5, 0.6) is 0 Å². The molecule has 20 heavy (non-hydrogen) atoms. The molecule has 1 aliphatic heterocycles. The van der Waals surface area contributed by atoms with Gasteiger partial charge in [0.05, 0.1) is 0 Å². The molecule has 4 nitrogen and oxygen atoms in total. The van der Waals surface area contributed by atoms with Gasteiger partial charge in [-0.2, -0.15) is 0 Å². The van der Waals surface area contributed by atoms with E-state index in [9.17, 15) is 9.59 Å². The normalized spacial score (nSPS) is 28.0. The molecule has 0 spiro atoms. The van der Waals surface area contributed by atoms with Gasteiger partial charge in [0.25, 0.3) is 0 Å². The van der Waals surface area contributed by atoms with Gasteiger partial charge in [-0.25, -0.2) is 0 Å². The minimum Gasteiger partial charge on any atom is -0.342 e. The molecule has 2 unspecified atom stereocenters. The smallest absolute Gasteiger partial charge is 0.246 e. The van der Waals surface area contributed by atoms with Crippen LogP contribution in [0.1, 0.15) is 53.9 Å². The van der Waals surface area contributed by atoms with Crippen LogP contribution in [0.4, 0.5) is 0 Å². The topological polar surface area (TPSA) is 49.4 Å². The minimum atomic E-state index is -0.392. The first-order valence-corrected chi connectivity index (χ1v) is 7.81. The molecule has 2 rings (SSSR count). The number of hydrogen-bond acceptors (Lipinski definition) is 2. The molecule has 2 aliphatic rings. The molecule has 114 valence electrons. The van der Waals surface area contributed by atoms with Crippen molar-refractivity contribution in [3.05, 3.63) is 0 Å². The van der Waals surface area contributed by atoms with E-state index in [1.54, 1.807) is 0 Å². The Bertz CT molecular complexity index is 394. The summed E-state index contributed by atoms with van der Waals surface area (Å²) in [7, 11) is 0. The monoisotopic (exact) mass is 280 g/mol. The highest BCUT2D eigenvalue weighted by Gasteiger charge is 2.46. The number of rotatable bonds is 4. The van der Waals surface area contributed by atoms with E-state index in [4.69, 9.17) is 0 Å². The van der Waals surface area contributed by atoms with E-state index in [0.29, 0.717) is 11.8 Å². The fraction of sp³-hybridized carbons (Fsp3) is 0.875. The van der Waals surface area contributed by atoms with Crippen molar-refractivity contribution >= 4 is 11.8 Å². The number of carbonyl (C=O) groups is 2. The fourth-order valence-corrected chi connectivity index (χ4v) is 2.82. The Morgan fingerprint density at radius 2 is 1.85 bits per heavy atom. The summed E-state index contributed by atoms with van der Waals surface area (Å²) < 4.78 is 0. The van der Waals surface area contributed by atoms with E-state index in [1.165, 1.54) is 12.8 Å². The fourth-order valence-electron chi connectivity index (χ4n) is 2.82. The largest absolute Gasteiger partial charge is 0.342 e. The van der Waals surface area contributed by atoms with E-state index in [2.05, 4.69) is 19.2 Å². The van der Waals surface area contributed by atoms with Crippen molar-refractivity contribution in [1.29, 1.82) is 0 Å². The predicted molar refractivity (Wildman–Crippen MR) is 79.1 cm³/mol. The highest BCUT2D eigenvalue weighted by molar-refractivity contribution is 5.97. The van der Waals surface area contributed by atoms with Gasteiger partial charge < -0.3 is 10.2 Å². The number of carbonyl (C=O) groups excluding carboxylic acids is 2. The van der Waals surface area contributed by atoms with Gasteiger partial charge in [0.1, 0.15) is 12.1 Å². The molecule has 1 heterocycles. The number of nitrogens with one attached hydrogen (secondary N) is 1. The first kappa shape index (κ1) is 15.3. The summed E-state index contributed by atoms with van der Waals surface area (Å²) in [5, 5.41) is 2.96. The summed E-state index contributed by atoms with van der Waals surface area (Å²) in [6.07, 6.45) is 3.14. The van der Waals surface area contributed by atoms with Crippen LogP contribution in [0.2, 0.25) is 0 Å². The molecule has 2 amide bonds. The maximum atomic E-state index is 12.8. The average molecular weight is 280 g/mol. The minimum absolute atomic E-state index is 0.0267. The molecule has 0 radical (unpaired) electrons. The summed E-state index contributed by atoms with van der Waals surface area (Å²) in [6, 6.07) is -0.668. The third-order valence-electron chi connectivity index (χ3n) is 4.21. The van der Waals surface area contributed by atoms with E-state index < -0.39 is 6.04 Å². The standard InChI is InChI=1S/C16H28N2O2/c1-10(2)8-12-14(19)17-13(16(3,4)5)15(20)18(12)9-11-6-7-11/h10-13H,6-9H2,1-5H3,(H,17,19). The molecule has 1 aliphatic carbocycles. The van der Waals surface area contributed by atoms with Gasteiger partial charge in [0.2, 0.25) is 11.8 Å². The van der Waals surface area contributed by atoms with Crippen LogP contribution in [-0.4, -0.2) is 35.3 Å². The molecule has 0 aromatic rings. The van der Waals surface area contributed by atoms with Crippen LogP contribution >= 0.6 is 0 Å². The van der Waals surface area contributed by atoms with Crippen molar-refractivity contribution in [2.24, 2.45) is 17.3 Å². The van der Waals surface area contributed by atoms with E-state index in [1.807, 2.05) is 25.7 Å². The molecule has 2 atom stereocenters. The lowest BCUT2D eigenvalue weighted by molar-refractivity contribution is -0.153. The van der Waals surface area contributed by atoms with Gasteiger partial charge in [-0.15, -0.1) is 0 Å². The first-order valence-electron chi connectivity index (χ1n) is 7.81. The SMILES string of the molecule is CC(C)CC1C(=O)NC(C(C)(C)C)C(=O)N1CC1CC1.